The number of benzene rings is 2. The number of nitrogens with one attached hydrogen (secondary N) is 1. The van der Waals surface area contributed by atoms with Crippen molar-refractivity contribution in [3.05, 3.63) is 59.9 Å². The van der Waals surface area contributed by atoms with E-state index in [1.54, 1.807) is 12.1 Å². The van der Waals surface area contributed by atoms with Crippen LogP contribution in [0, 0.1) is 6.92 Å². The molecule has 1 atom stereocenters. The third-order valence-electron chi connectivity index (χ3n) is 3.92. The van der Waals surface area contributed by atoms with E-state index in [9.17, 15) is 13.5 Å². The van der Waals surface area contributed by atoms with Gasteiger partial charge in [-0.3, -0.25) is 0 Å². The molecular weight excluding hydrogens is 338 g/mol. The smallest absolute Gasteiger partial charge is 0.175 e. The van der Waals surface area contributed by atoms with Crippen molar-refractivity contribution in [2.24, 2.45) is 0 Å². The van der Waals surface area contributed by atoms with Gasteiger partial charge in [0.15, 0.2) is 9.84 Å². The lowest BCUT2D eigenvalue weighted by molar-refractivity contribution is 0.191. The maximum atomic E-state index is 11.8. The van der Waals surface area contributed by atoms with Crippen molar-refractivity contribution in [2.75, 3.05) is 18.1 Å². The van der Waals surface area contributed by atoms with E-state index in [0.29, 0.717) is 16.7 Å². The molecule has 2 N–H and O–H groups in total. The molecule has 0 saturated heterocycles. The van der Waals surface area contributed by atoms with E-state index in [2.05, 4.69) is 15.3 Å². The Bertz CT molecular complexity index is 1020. The summed E-state index contributed by atoms with van der Waals surface area (Å²) in [5.41, 5.74) is 2.51. The number of sulfone groups is 1. The molecule has 3 rings (SSSR count). The van der Waals surface area contributed by atoms with Gasteiger partial charge in [0.25, 0.3) is 0 Å². The monoisotopic (exact) mass is 357 g/mol. The highest BCUT2D eigenvalue weighted by Gasteiger charge is 2.13. The predicted octanol–water partition coefficient (Wildman–Crippen LogP) is 2.49. The molecule has 0 spiro atoms. The molecule has 0 bridgehead atoms. The molecule has 0 fully saturated rings. The van der Waals surface area contributed by atoms with E-state index in [1.807, 2.05) is 31.2 Å². The lowest BCUT2D eigenvalue weighted by atomic mass is 10.1. The summed E-state index contributed by atoms with van der Waals surface area (Å²) < 4.78 is 23.5. The van der Waals surface area contributed by atoms with Gasteiger partial charge < -0.3 is 10.4 Å². The van der Waals surface area contributed by atoms with E-state index in [1.165, 1.54) is 12.4 Å². The van der Waals surface area contributed by atoms with E-state index in [-0.39, 0.29) is 11.4 Å². The van der Waals surface area contributed by atoms with Crippen LogP contribution < -0.4 is 5.32 Å². The second-order valence-corrected chi connectivity index (χ2v) is 8.00. The molecule has 1 heterocycles. The first-order chi connectivity index (χ1) is 11.8. The van der Waals surface area contributed by atoms with Gasteiger partial charge in [0.05, 0.1) is 16.5 Å². The van der Waals surface area contributed by atoms with Crippen LogP contribution in [0.5, 0.6) is 0 Å². The van der Waals surface area contributed by atoms with E-state index in [4.69, 9.17) is 0 Å². The number of hydrogen-bond donors (Lipinski definition) is 2. The Morgan fingerprint density at radius 3 is 2.68 bits per heavy atom. The average Bonchev–Trinajstić information content (AvgIpc) is 2.58. The minimum absolute atomic E-state index is 0.206. The largest absolute Gasteiger partial charge is 0.387 e. The van der Waals surface area contributed by atoms with Gasteiger partial charge in [-0.1, -0.05) is 29.8 Å². The number of hydrogen-bond acceptors (Lipinski definition) is 6. The number of aliphatic hydroxyl groups excluding tert-OH is 1. The Morgan fingerprint density at radius 2 is 1.96 bits per heavy atom. The molecular formula is C18H19N3O3S. The molecule has 0 amide bonds. The second kappa shape index (κ2) is 6.78. The Hall–Kier alpha value is -2.51. The van der Waals surface area contributed by atoms with Crippen LogP contribution in [0.1, 0.15) is 17.2 Å². The van der Waals surface area contributed by atoms with Gasteiger partial charge in [-0.25, -0.2) is 18.4 Å². The summed E-state index contributed by atoms with van der Waals surface area (Å²) in [5.74, 6) is 0.488. The number of aromatic nitrogens is 2. The van der Waals surface area contributed by atoms with E-state index < -0.39 is 15.9 Å². The van der Waals surface area contributed by atoms with Crippen molar-refractivity contribution in [3.63, 3.8) is 0 Å². The maximum absolute atomic E-state index is 11.8. The number of nitrogens with zero attached hydrogens (tertiary/aromatic N) is 2. The van der Waals surface area contributed by atoms with Crippen LogP contribution in [0.4, 0.5) is 5.82 Å². The molecule has 1 unspecified atom stereocenters. The molecule has 0 radical (unpaired) electrons. The van der Waals surface area contributed by atoms with Crippen molar-refractivity contribution < 1.29 is 13.5 Å². The lowest BCUT2D eigenvalue weighted by Crippen LogP contribution is -2.13. The third-order valence-corrected chi connectivity index (χ3v) is 5.03. The maximum Gasteiger partial charge on any atom is 0.175 e. The Labute approximate surface area is 146 Å². The fourth-order valence-electron chi connectivity index (χ4n) is 2.60. The molecule has 130 valence electrons. The molecule has 0 aliphatic carbocycles. The van der Waals surface area contributed by atoms with Crippen molar-refractivity contribution in [1.29, 1.82) is 0 Å². The third kappa shape index (κ3) is 3.94. The summed E-state index contributed by atoms with van der Waals surface area (Å²) in [6.07, 6.45) is 1.86. The van der Waals surface area contributed by atoms with Crippen molar-refractivity contribution in [2.45, 2.75) is 17.9 Å². The van der Waals surface area contributed by atoms with Crippen LogP contribution in [0.15, 0.2) is 53.7 Å². The van der Waals surface area contributed by atoms with Gasteiger partial charge in [0.2, 0.25) is 0 Å². The highest BCUT2D eigenvalue weighted by atomic mass is 32.2. The number of aliphatic hydroxyl groups is 1. The van der Waals surface area contributed by atoms with E-state index in [0.717, 1.165) is 17.4 Å². The zero-order valence-corrected chi connectivity index (χ0v) is 14.8. The molecule has 7 heteroatoms. The van der Waals surface area contributed by atoms with Gasteiger partial charge in [0.1, 0.15) is 12.1 Å². The van der Waals surface area contributed by atoms with Crippen LogP contribution in [0.2, 0.25) is 0 Å². The summed E-state index contributed by atoms with van der Waals surface area (Å²) in [6.45, 7) is 2.22. The van der Waals surface area contributed by atoms with Crippen molar-refractivity contribution >= 4 is 26.6 Å². The van der Waals surface area contributed by atoms with E-state index >= 15 is 0 Å². The quantitative estimate of drug-likeness (QED) is 0.729. The number of fused-ring (bicyclic) bond motifs is 1. The van der Waals surface area contributed by atoms with Crippen molar-refractivity contribution in [3.8, 4) is 0 Å². The summed E-state index contributed by atoms with van der Waals surface area (Å²) >= 11 is 0. The standard InChI is InChI=1S/C18H19N3O3S/c1-12-4-3-5-13(8-12)17(22)10-19-18-15-9-14(25(2,23)24)6-7-16(15)20-11-21-18/h3-9,11,17,22H,10H2,1-2H3,(H,19,20,21). The fourth-order valence-corrected chi connectivity index (χ4v) is 3.24. The number of anilines is 1. The summed E-state index contributed by atoms with van der Waals surface area (Å²) in [5, 5.41) is 14.0. The molecule has 25 heavy (non-hydrogen) atoms. The van der Waals surface area contributed by atoms with Crippen LogP contribution >= 0.6 is 0 Å². The van der Waals surface area contributed by atoms with Gasteiger partial charge in [-0.15, -0.1) is 0 Å². The average molecular weight is 357 g/mol. The number of aryl methyl sites for hydroxylation is 1. The van der Waals surface area contributed by atoms with Crippen LogP contribution in [0.25, 0.3) is 10.9 Å². The highest BCUT2D eigenvalue weighted by Crippen LogP contribution is 2.24. The van der Waals surface area contributed by atoms with Crippen LogP contribution in [-0.4, -0.2) is 36.3 Å². The van der Waals surface area contributed by atoms with Gasteiger partial charge in [0, 0.05) is 18.2 Å². The zero-order valence-electron chi connectivity index (χ0n) is 14.0. The van der Waals surface area contributed by atoms with Crippen LogP contribution in [0.3, 0.4) is 0 Å². The van der Waals surface area contributed by atoms with Gasteiger partial charge >= 0.3 is 0 Å². The summed E-state index contributed by atoms with van der Waals surface area (Å²) in [6, 6.07) is 12.4. The molecule has 1 aromatic heterocycles. The molecule has 6 nitrogen and oxygen atoms in total. The predicted molar refractivity (Wildman–Crippen MR) is 97.3 cm³/mol. The first-order valence-electron chi connectivity index (χ1n) is 7.78. The molecule has 0 aliphatic heterocycles. The Kier molecular flexibility index (Phi) is 4.69. The highest BCUT2D eigenvalue weighted by molar-refractivity contribution is 7.90. The van der Waals surface area contributed by atoms with Crippen molar-refractivity contribution in [1.82, 2.24) is 9.97 Å². The minimum atomic E-state index is -3.32. The van der Waals surface area contributed by atoms with Crippen LogP contribution in [-0.2, 0) is 9.84 Å². The topological polar surface area (TPSA) is 92.2 Å². The SMILES string of the molecule is Cc1cccc(C(O)CNc2ncnc3ccc(S(C)(=O)=O)cc23)c1. The van der Waals surface area contributed by atoms with Gasteiger partial charge in [-0.05, 0) is 30.7 Å². The first-order valence-corrected chi connectivity index (χ1v) is 9.67. The molecule has 0 saturated carbocycles. The molecule has 0 aliphatic rings. The Balaban J connectivity index is 1.88. The normalized spacial score (nSPS) is 12.9. The first kappa shape index (κ1) is 17.3. The minimum Gasteiger partial charge on any atom is -0.387 e. The fraction of sp³-hybridized carbons (Fsp3) is 0.222. The summed E-state index contributed by atoms with van der Waals surface area (Å²) in [4.78, 5) is 8.54. The summed E-state index contributed by atoms with van der Waals surface area (Å²) in [7, 11) is -3.32. The molecule has 2 aromatic carbocycles. The second-order valence-electron chi connectivity index (χ2n) is 5.98. The van der Waals surface area contributed by atoms with Gasteiger partial charge in [-0.2, -0.15) is 0 Å². The lowest BCUT2D eigenvalue weighted by Gasteiger charge is -2.14. The Morgan fingerprint density at radius 1 is 1.16 bits per heavy atom. The number of rotatable bonds is 5. The molecule has 3 aromatic rings. The zero-order chi connectivity index (χ0) is 18.0.